The predicted octanol–water partition coefficient (Wildman–Crippen LogP) is 4.51. The minimum absolute atomic E-state index is 0.927. The van der Waals surface area contributed by atoms with E-state index in [0.29, 0.717) is 0 Å². The molecule has 21 heavy (non-hydrogen) atoms. The Morgan fingerprint density at radius 3 is 2.57 bits per heavy atom. The van der Waals surface area contributed by atoms with Gasteiger partial charge in [0.2, 0.25) is 0 Å². The molecule has 0 amide bonds. The van der Waals surface area contributed by atoms with Crippen molar-refractivity contribution in [2.24, 2.45) is 0 Å². The number of nitrogens with one attached hydrogen (secondary N) is 1. The van der Waals surface area contributed by atoms with Crippen LogP contribution in [0.5, 0.6) is 0 Å². The highest BCUT2D eigenvalue weighted by atomic mass is 14.9. The molecule has 2 nitrogen and oxygen atoms in total. The van der Waals surface area contributed by atoms with Gasteiger partial charge in [0, 0.05) is 23.8 Å². The number of benzene rings is 2. The van der Waals surface area contributed by atoms with Crippen LogP contribution in [0.15, 0.2) is 54.7 Å². The van der Waals surface area contributed by atoms with E-state index in [9.17, 15) is 0 Å². The van der Waals surface area contributed by atoms with Crippen LogP contribution >= 0.6 is 0 Å². The molecule has 0 unspecified atom stereocenters. The monoisotopic (exact) mass is 276 g/mol. The number of pyridine rings is 1. The van der Waals surface area contributed by atoms with E-state index in [-0.39, 0.29) is 0 Å². The Balaban J connectivity index is 1.80. The minimum atomic E-state index is 0.927. The summed E-state index contributed by atoms with van der Waals surface area (Å²) in [6, 6.07) is 16.9. The molecular formula is C19H20N2. The third kappa shape index (κ3) is 2.89. The van der Waals surface area contributed by atoms with Gasteiger partial charge < -0.3 is 5.32 Å². The zero-order valence-electron chi connectivity index (χ0n) is 12.6. The van der Waals surface area contributed by atoms with Gasteiger partial charge in [-0.1, -0.05) is 42.5 Å². The molecule has 1 N–H and O–H groups in total. The summed E-state index contributed by atoms with van der Waals surface area (Å²) < 4.78 is 0. The van der Waals surface area contributed by atoms with E-state index in [1.54, 1.807) is 0 Å². The largest absolute Gasteiger partial charge is 0.384 e. The fraction of sp³-hybridized carbons (Fsp3) is 0.211. The summed E-state index contributed by atoms with van der Waals surface area (Å²) in [7, 11) is 0. The molecule has 2 heteroatoms. The van der Waals surface area contributed by atoms with Crippen LogP contribution in [0.2, 0.25) is 0 Å². The molecule has 106 valence electrons. The molecule has 1 aromatic heterocycles. The third-order valence-electron chi connectivity index (χ3n) is 4.01. The molecule has 3 rings (SSSR count). The average molecular weight is 276 g/mol. The summed E-state index contributed by atoms with van der Waals surface area (Å²) in [5.41, 5.74) is 6.17. The average Bonchev–Trinajstić information content (AvgIpc) is 2.52. The Bertz CT molecular complexity index is 748. The first-order valence-corrected chi connectivity index (χ1v) is 7.38. The Kier molecular flexibility index (Phi) is 3.87. The van der Waals surface area contributed by atoms with Crippen LogP contribution in [0.1, 0.15) is 16.7 Å². The van der Waals surface area contributed by atoms with Crippen LogP contribution in [-0.4, -0.2) is 11.5 Å². The van der Waals surface area contributed by atoms with E-state index in [2.05, 4.69) is 72.7 Å². The fourth-order valence-corrected chi connectivity index (χ4v) is 2.60. The first-order chi connectivity index (χ1) is 10.3. The Hall–Kier alpha value is -2.35. The topological polar surface area (TPSA) is 24.9 Å². The summed E-state index contributed by atoms with van der Waals surface area (Å²) >= 11 is 0. The lowest BCUT2D eigenvalue weighted by Crippen LogP contribution is -2.05. The number of aromatic nitrogens is 1. The highest BCUT2D eigenvalue weighted by Gasteiger charge is 2.05. The summed E-state index contributed by atoms with van der Waals surface area (Å²) in [6.45, 7) is 5.19. The number of rotatable bonds is 4. The second-order valence-electron chi connectivity index (χ2n) is 5.42. The van der Waals surface area contributed by atoms with E-state index >= 15 is 0 Å². The van der Waals surface area contributed by atoms with Gasteiger partial charge in [-0.2, -0.15) is 0 Å². The second kappa shape index (κ2) is 5.96. The van der Waals surface area contributed by atoms with Gasteiger partial charge >= 0.3 is 0 Å². The summed E-state index contributed by atoms with van der Waals surface area (Å²) in [5, 5.41) is 4.75. The second-order valence-corrected chi connectivity index (χ2v) is 5.42. The van der Waals surface area contributed by atoms with Gasteiger partial charge in [-0.15, -0.1) is 0 Å². The zero-order chi connectivity index (χ0) is 14.7. The molecule has 2 aromatic carbocycles. The normalized spacial score (nSPS) is 10.8. The molecular weight excluding hydrogens is 256 g/mol. The Labute approximate surface area is 125 Å². The smallest absolute Gasteiger partial charge is 0.0754 e. The van der Waals surface area contributed by atoms with Gasteiger partial charge in [0.1, 0.15) is 0 Å². The maximum Gasteiger partial charge on any atom is 0.0754 e. The first-order valence-electron chi connectivity index (χ1n) is 7.38. The summed E-state index contributed by atoms with van der Waals surface area (Å²) in [5.74, 6) is 0. The van der Waals surface area contributed by atoms with Crippen molar-refractivity contribution < 1.29 is 0 Å². The number of fused-ring (bicyclic) bond motifs is 1. The third-order valence-corrected chi connectivity index (χ3v) is 4.01. The maximum atomic E-state index is 4.53. The van der Waals surface area contributed by atoms with Gasteiger partial charge in [0.25, 0.3) is 0 Å². The number of anilines is 1. The standard InChI is InChI=1S/C19H20N2/c1-14-8-9-17-18(11-13-21-19(17)15(14)2)20-12-10-16-6-4-3-5-7-16/h3-9,11,13H,10,12H2,1-2H3,(H,20,21). The van der Waals surface area contributed by atoms with E-state index in [1.807, 2.05) is 6.20 Å². The van der Waals surface area contributed by atoms with Crippen molar-refractivity contribution in [1.82, 2.24) is 4.98 Å². The zero-order valence-corrected chi connectivity index (χ0v) is 12.6. The number of aryl methyl sites for hydroxylation is 2. The van der Waals surface area contributed by atoms with Crippen LogP contribution < -0.4 is 5.32 Å². The van der Waals surface area contributed by atoms with Crippen LogP contribution in [0.3, 0.4) is 0 Å². The van der Waals surface area contributed by atoms with E-state index in [1.165, 1.54) is 27.8 Å². The first kappa shape index (κ1) is 13.6. The van der Waals surface area contributed by atoms with Crippen molar-refractivity contribution in [3.63, 3.8) is 0 Å². The molecule has 0 radical (unpaired) electrons. The molecule has 0 aliphatic carbocycles. The van der Waals surface area contributed by atoms with E-state index in [0.717, 1.165) is 18.5 Å². The minimum Gasteiger partial charge on any atom is -0.384 e. The van der Waals surface area contributed by atoms with Crippen molar-refractivity contribution in [3.05, 3.63) is 71.4 Å². The number of hydrogen-bond donors (Lipinski definition) is 1. The molecule has 0 aliphatic rings. The highest BCUT2D eigenvalue weighted by molar-refractivity contribution is 5.93. The van der Waals surface area contributed by atoms with Gasteiger partial charge in [0.15, 0.2) is 0 Å². The van der Waals surface area contributed by atoms with Crippen LogP contribution in [0, 0.1) is 13.8 Å². The molecule has 0 saturated carbocycles. The van der Waals surface area contributed by atoms with Crippen LogP contribution in [0.25, 0.3) is 10.9 Å². The molecule has 0 aliphatic heterocycles. The molecule has 0 saturated heterocycles. The van der Waals surface area contributed by atoms with Crippen LogP contribution in [0.4, 0.5) is 5.69 Å². The van der Waals surface area contributed by atoms with Crippen molar-refractivity contribution in [2.45, 2.75) is 20.3 Å². The van der Waals surface area contributed by atoms with E-state index in [4.69, 9.17) is 0 Å². The lowest BCUT2D eigenvalue weighted by atomic mass is 10.0. The molecule has 0 spiro atoms. The summed E-state index contributed by atoms with van der Waals surface area (Å²) in [6.07, 6.45) is 2.91. The summed E-state index contributed by atoms with van der Waals surface area (Å²) in [4.78, 5) is 4.53. The Morgan fingerprint density at radius 1 is 0.952 bits per heavy atom. The molecule has 0 bridgehead atoms. The molecule has 1 heterocycles. The fourth-order valence-electron chi connectivity index (χ4n) is 2.60. The van der Waals surface area contributed by atoms with Crippen molar-refractivity contribution in [1.29, 1.82) is 0 Å². The molecule has 3 aromatic rings. The maximum absolute atomic E-state index is 4.53. The van der Waals surface area contributed by atoms with Crippen molar-refractivity contribution in [2.75, 3.05) is 11.9 Å². The number of nitrogens with zero attached hydrogens (tertiary/aromatic N) is 1. The Morgan fingerprint density at radius 2 is 1.76 bits per heavy atom. The van der Waals surface area contributed by atoms with Gasteiger partial charge in [-0.3, -0.25) is 4.98 Å². The molecule has 0 atom stereocenters. The SMILES string of the molecule is Cc1ccc2c(NCCc3ccccc3)ccnc2c1C. The number of hydrogen-bond acceptors (Lipinski definition) is 2. The van der Waals surface area contributed by atoms with E-state index < -0.39 is 0 Å². The lowest BCUT2D eigenvalue weighted by Gasteiger charge is -2.11. The molecule has 0 fully saturated rings. The predicted molar refractivity (Wildman–Crippen MR) is 89.9 cm³/mol. The van der Waals surface area contributed by atoms with Crippen molar-refractivity contribution >= 4 is 16.6 Å². The van der Waals surface area contributed by atoms with Crippen molar-refractivity contribution in [3.8, 4) is 0 Å². The lowest BCUT2D eigenvalue weighted by molar-refractivity contribution is 1.02. The highest BCUT2D eigenvalue weighted by Crippen LogP contribution is 2.25. The van der Waals surface area contributed by atoms with Gasteiger partial charge in [0.05, 0.1) is 5.52 Å². The quantitative estimate of drug-likeness (QED) is 0.758. The van der Waals surface area contributed by atoms with Crippen LogP contribution in [-0.2, 0) is 6.42 Å². The van der Waals surface area contributed by atoms with Gasteiger partial charge in [-0.25, -0.2) is 0 Å². The van der Waals surface area contributed by atoms with Gasteiger partial charge in [-0.05, 0) is 43.0 Å².